The van der Waals surface area contributed by atoms with Crippen LogP contribution in [-0.4, -0.2) is 13.7 Å². The van der Waals surface area contributed by atoms with Crippen molar-refractivity contribution in [3.63, 3.8) is 0 Å². The van der Waals surface area contributed by atoms with Crippen molar-refractivity contribution in [3.8, 4) is 5.75 Å². The number of hydrogen-bond donors (Lipinski definition) is 1. The van der Waals surface area contributed by atoms with Gasteiger partial charge in [0.15, 0.2) is 0 Å². The minimum absolute atomic E-state index is 0.785. The normalized spacial score (nSPS) is 14.5. The molecule has 0 spiro atoms. The summed E-state index contributed by atoms with van der Waals surface area (Å²) < 4.78 is 5.64. The second-order valence-corrected chi connectivity index (χ2v) is 4.85. The zero-order chi connectivity index (χ0) is 12.1. The van der Waals surface area contributed by atoms with E-state index in [2.05, 4.69) is 12.1 Å². The molecule has 1 aromatic carbocycles. The van der Waals surface area contributed by atoms with Crippen molar-refractivity contribution in [2.45, 2.75) is 44.9 Å². The van der Waals surface area contributed by atoms with Crippen LogP contribution in [0.2, 0.25) is 0 Å². The van der Waals surface area contributed by atoms with Crippen LogP contribution in [0.3, 0.4) is 0 Å². The van der Waals surface area contributed by atoms with Gasteiger partial charge in [-0.25, -0.2) is 0 Å². The predicted molar refractivity (Wildman–Crippen MR) is 71.6 cm³/mol. The van der Waals surface area contributed by atoms with Gasteiger partial charge >= 0.3 is 0 Å². The smallest absolute Gasteiger partial charge is 0.125 e. The quantitative estimate of drug-likeness (QED) is 0.794. The monoisotopic (exact) mass is 233 g/mol. The third kappa shape index (κ3) is 2.81. The van der Waals surface area contributed by atoms with Crippen LogP contribution in [0.5, 0.6) is 5.75 Å². The van der Waals surface area contributed by atoms with Crippen LogP contribution in [-0.2, 0) is 19.3 Å². The standard InChI is InChI=1S/C15H23NO/c1-17-15-13(7-4-5-11-16)10-9-12-6-2-3-8-14(12)15/h9-10H,2-8,11,16H2,1H3. The largest absolute Gasteiger partial charge is 0.496 e. The summed E-state index contributed by atoms with van der Waals surface area (Å²) in [5.41, 5.74) is 9.86. The second kappa shape index (κ2) is 6.06. The van der Waals surface area contributed by atoms with Crippen molar-refractivity contribution in [3.05, 3.63) is 28.8 Å². The Bertz CT molecular complexity index is 373. The van der Waals surface area contributed by atoms with E-state index in [0.717, 1.165) is 31.6 Å². The van der Waals surface area contributed by atoms with Crippen LogP contribution in [0, 0.1) is 0 Å². The highest BCUT2D eigenvalue weighted by Crippen LogP contribution is 2.33. The van der Waals surface area contributed by atoms with E-state index in [9.17, 15) is 0 Å². The Morgan fingerprint density at radius 1 is 1.18 bits per heavy atom. The first kappa shape index (κ1) is 12.4. The van der Waals surface area contributed by atoms with Crippen molar-refractivity contribution in [2.75, 3.05) is 13.7 Å². The summed E-state index contributed by atoms with van der Waals surface area (Å²) in [6.07, 6.45) is 8.37. The molecule has 0 fully saturated rings. The van der Waals surface area contributed by atoms with E-state index in [-0.39, 0.29) is 0 Å². The molecule has 0 saturated heterocycles. The van der Waals surface area contributed by atoms with Gasteiger partial charge in [-0.15, -0.1) is 0 Å². The number of unbranched alkanes of at least 4 members (excludes halogenated alkanes) is 1. The van der Waals surface area contributed by atoms with Crippen molar-refractivity contribution in [1.29, 1.82) is 0 Å². The number of methoxy groups -OCH3 is 1. The van der Waals surface area contributed by atoms with Crippen molar-refractivity contribution >= 4 is 0 Å². The summed E-state index contributed by atoms with van der Waals surface area (Å²) >= 11 is 0. The van der Waals surface area contributed by atoms with Gasteiger partial charge < -0.3 is 10.5 Å². The van der Waals surface area contributed by atoms with Gasteiger partial charge in [0.05, 0.1) is 7.11 Å². The maximum Gasteiger partial charge on any atom is 0.125 e. The molecule has 2 heteroatoms. The zero-order valence-electron chi connectivity index (χ0n) is 10.8. The maximum absolute atomic E-state index is 5.64. The lowest BCUT2D eigenvalue weighted by molar-refractivity contribution is 0.400. The van der Waals surface area contributed by atoms with Crippen LogP contribution < -0.4 is 10.5 Å². The fourth-order valence-corrected chi connectivity index (χ4v) is 2.75. The molecule has 2 rings (SSSR count). The topological polar surface area (TPSA) is 35.2 Å². The molecule has 0 radical (unpaired) electrons. The predicted octanol–water partition coefficient (Wildman–Crippen LogP) is 2.86. The number of fused-ring (bicyclic) bond motifs is 1. The molecular weight excluding hydrogens is 210 g/mol. The summed E-state index contributed by atoms with van der Waals surface area (Å²) in [6, 6.07) is 4.55. The Hall–Kier alpha value is -1.02. The van der Waals surface area contributed by atoms with Gasteiger partial charge in [-0.05, 0) is 68.2 Å². The van der Waals surface area contributed by atoms with Gasteiger partial charge in [-0.2, -0.15) is 0 Å². The molecule has 2 nitrogen and oxygen atoms in total. The molecule has 0 saturated carbocycles. The zero-order valence-corrected chi connectivity index (χ0v) is 10.8. The molecule has 0 heterocycles. The molecule has 0 aromatic heterocycles. The molecule has 1 aliphatic carbocycles. The first-order valence-electron chi connectivity index (χ1n) is 6.74. The van der Waals surface area contributed by atoms with E-state index in [1.54, 1.807) is 7.11 Å². The molecular formula is C15H23NO. The Balaban J connectivity index is 2.20. The Morgan fingerprint density at radius 2 is 2.00 bits per heavy atom. The van der Waals surface area contributed by atoms with Gasteiger partial charge in [0.25, 0.3) is 0 Å². The Labute approximate surface area is 104 Å². The lowest BCUT2D eigenvalue weighted by Gasteiger charge is -2.21. The number of nitrogens with two attached hydrogens (primary N) is 1. The van der Waals surface area contributed by atoms with E-state index in [0.29, 0.717) is 0 Å². The molecule has 1 aliphatic rings. The molecule has 0 amide bonds. The molecule has 0 aliphatic heterocycles. The lowest BCUT2D eigenvalue weighted by atomic mass is 9.88. The van der Waals surface area contributed by atoms with E-state index < -0.39 is 0 Å². The lowest BCUT2D eigenvalue weighted by Crippen LogP contribution is -2.07. The fraction of sp³-hybridized carbons (Fsp3) is 0.600. The second-order valence-electron chi connectivity index (χ2n) is 4.85. The van der Waals surface area contributed by atoms with Gasteiger partial charge in [-0.3, -0.25) is 0 Å². The molecule has 0 bridgehead atoms. The van der Waals surface area contributed by atoms with Crippen molar-refractivity contribution in [2.24, 2.45) is 5.73 Å². The third-order valence-corrected chi connectivity index (χ3v) is 3.67. The number of aryl methyl sites for hydroxylation is 2. The minimum Gasteiger partial charge on any atom is -0.496 e. The number of ether oxygens (including phenoxy) is 1. The summed E-state index contributed by atoms with van der Waals surface area (Å²) in [6.45, 7) is 0.785. The van der Waals surface area contributed by atoms with E-state index in [1.807, 2.05) is 0 Å². The summed E-state index contributed by atoms with van der Waals surface area (Å²) in [7, 11) is 1.80. The SMILES string of the molecule is COc1c(CCCCN)ccc2c1CCCC2. The van der Waals surface area contributed by atoms with Crippen LogP contribution in [0.1, 0.15) is 42.4 Å². The van der Waals surface area contributed by atoms with E-state index in [1.165, 1.54) is 42.4 Å². The number of benzene rings is 1. The Kier molecular flexibility index (Phi) is 4.43. The number of rotatable bonds is 5. The molecule has 2 N–H and O–H groups in total. The van der Waals surface area contributed by atoms with Crippen molar-refractivity contribution in [1.82, 2.24) is 0 Å². The van der Waals surface area contributed by atoms with E-state index in [4.69, 9.17) is 10.5 Å². The summed E-state index contributed by atoms with van der Waals surface area (Å²) in [5, 5.41) is 0. The highest BCUT2D eigenvalue weighted by atomic mass is 16.5. The minimum atomic E-state index is 0.785. The first-order valence-corrected chi connectivity index (χ1v) is 6.74. The van der Waals surface area contributed by atoms with Crippen LogP contribution in [0.4, 0.5) is 0 Å². The van der Waals surface area contributed by atoms with Crippen LogP contribution in [0.15, 0.2) is 12.1 Å². The van der Waals surface area contributed by atoms with Crippen LogP contribution in [0.25, 0.3) is 0 Å². The van der Waals surface area contributed by atoms with Crippen LogP contribution >= 0.6 is 0 Å². The summed E-state index contributed by atoms with van der Waals surface area (Å²) in [5.74, 6) is 1.15. The first-order chi connectivity index (χ1) is 8.36. The fourth-order valence-electron chi connectivity index (χ4n) is 2.75. The van der Waals surface area contributed by atoms with Gasteiger partial charge in [0.2, 0.25) is 0 Å². The van der Waals surface area contributed by atoms with Gasteiger partial charge in [-0.1, -0.05) is 12.1 Å². The molecule has 1 aromatic rings. The molecule has 17 heavy (non-hydrogen) atoms. The number of hydrogen-bond acceptors (Lipinski definition) is 2. The Morgan fingerprint density at radius 3 is 2.76 bits per heavy atom. The van der Waals surface area contributed by atoms with Gasteiger partial charge in [0, 0.05) is 0 Å². The molecule has 94 valence electrons. The maximum atomic E-state index is 5.64. The summed E-state index contributed by atoms with van der Waals surface area (Å²) in [4.78, 5) is 0. The third-order valence-electron chi connectivity index (χ3n) is 3.67. The average molecular weight is 233 g/mol. The highest BCUT2D eigenvalue weighted by molar-refractivity contribution is 5.47. The molecule has 0 unspecified atom stereocenters. The van der Waals surface area contributed by atoms with Crippen molar-refractivity contribution < 1.29 is 4.74 Å². The molecule has 0 atom stereocenters. The van der Waals surface area contributed by atoms with E-state index >= 15 is 0 Å². The highest BCUT2D eigenvalue weighted by Gasteiger charge is 2.16. The van der Waals surface area contributed by atoms with Gasteiger partial charge in [0.1, 0.15) is 5.75 Å². The average Bonchev–Trinajstić information content (AvgIpc) is 2.38.